The number of carbonyl (C=O) groups is 1. The number of amides is 2. The Morgan fingerprint density at radius 3 is 2.53 bits per heavy atom. The second-order valence-corrected chi connectivity index (χ2v) is 8.53. The minimum atomic E-state index is -2.85. The van der Waals surface area contributed by atoms with E-state index in [2.05, 4.69) is 15.0 Å². The minimum Gasteiger partial charge on any atom is -0.434 e. The molecule has 0 atom stereocenters. The molecule has 0 aromatic heterocycles. The third-order valence-corrected chi connectivity index (χ3v) is 6.07. The van der Waals surface area contributed by atoms with Crippen molar-refractivity contribution in [2.45, 2.75) is 44.9 Å². The van der Waals surface area contributed by atoms with E-state index in [1.807, 2.05) is 11.0 Å². The van der Waals surface area contributed by atoms with E-state index < -0.39 is 6.61 Å². The number of rotatable bonds is 8. The lowest BCUT2D eigenvalue weighted by Gasteiger charge is -2.38. The van der Waals surface area contributed by atoms with Crippen molar-refractivity contribution in [2.75, 3.05) is 25.0 Å². The monoisotopic (exact) mass is 447 g/mol. The first kappa shape index (κ1) is 22.5. The lowest BCUT2D eigenvalue weighted by Crippen LogP contribution is -2.49. The lowest BCUT2D eigenvalue weighted by atomic mass is 10.0. The summed E-state index contributed by atoms with van der Waals surface area (Å²) in [5, 5.41) is 2.84. The van der Waals surface area contributed by atoms with Crippen LogP contribution in [0.1, 0.15) is 31.2 Å². The first-order chi connectivity index (χ1) is 15.5. The van der Waals surface area contributed by atoms with Gasteiger partial charge in [0.05, 0.1) is 0 Å². The largest absolute Gasteiger partial charge is 0.434 e. The summed E-state index contributed by atoms with van der Waals surface area (Å²) in [6.07, 6.45) is 3.84. The summed E-state index contributed by atoms with van der Waals surface area (Å²) < 4.78 is 43.5. The molecular formula is C24H28F3N3O2. The summed E-state index contributed by atoms with van der Waals surface area (Å²) >= 11 is 0. The average Bonchev–Trinajstić information content (AvgIpc) is 3.58. The maximum absolute atomic E-state index is 13.5. The molecule has 2 fully saturated rings. The van der Waals surface area contributed by atoms with E-state index in [4.69, 9.17) is 0 Å². The van der Waals surface area contributed by atoms with E-state index in [1.54, 1.807) is 30.3 Å². The molecule has 1 saturated carbocycles. The van der Waals surface area contributed by atoms with Crippen LogP contribution in [-0.2, 0) is 6.54 Å². The van der Waals surface area contributed by atoms with Crippen molar-refractivity contribution in [1.82, 2.24) is 9.80 Å². The van der Waals surface area contributed by atoms with Gasteiger partial charge < -0.3 is 15.0 Å². The summed E-state index contributed by atoms with van der Waals surface area (Å²) in [5.74, 6) is 0.347. The topological polar surface area (TPSA) is 44.8 Å². The number of ether oxygens (including phenoxy) is 1. The maximum atomic E-state index is 13.5. The van der Waals surface area contributed by atoms with Crippen LogP contribution >= 0.6 is 0 Å². The molecule has 0 spiro atoms. The number of para-hydroxylation sites is 1. The Hall–Kier alpha value is -2.74. The molecule has 0 unspecified atom stereocenters. The number of piperidine rings is 1. The number of alkyl halides is 2. The molecule has 2 aliphatic rings. The van der Waals surface area contributed by atoms with Crippen LogP contribution in [0.2, 0.25) is 0 Å². The molecule has 0 bridgehead atoms. The molecule has 4 rings (SSSR count). The third-order valence-electron chi connectivity index (χ3n) is 6.07. The highest BCUT2D eigenvalue weighted by Gasteiger charge is 2.33. The summed E-state index contributed by atoms with van der Waals surface area (Å²) in [6, 6.07) is 12.7. The highest BCUT2D eigenvalue weighted by molar-refractivity contribution is 5.89. The van der Waals surface area contributed by atoms with Crippen LogP contribution in [0.4, 0.5) is 23.7 Å². The number of urea groups is 1. The van der Waals surface area contributed by atoms with Crippen LogP contribution in [0.15, 0.2) is 48.5 Å². The molecular weight excluding hydrogens is 419 g/mol. The fraction of sp³-hybridized carbons (Fsp3) is 0.458. The molecule has 8 heteroatoms. The Morgan fingerprint density at radius 2 is 1.84 bits per heavy atom. The molecule has 1 saturated heterocycles. The highest BCUT2D eigenvalue weighted by Crippen LogP contribution is 2.32. The summed E-state index contributed by atoms with van der Waals surface area (Å²) in [4.78, 5) is 17.1. The number of likely N-dealkylation sites (tertiary alicyclic amines) is 1. The lowest BCUT2D eigenvalue weighted by molar-refractivity contribution is -0.0508. The molecule has 5 nitrogen and oxygen atoms in total. The standard InChI is InChI=1S/C24H28F3N3O2/c25-19-5-3-6-20(14-19)28-24(31)30(15-17-8-9-17)21-10-12-29(13-11-21)16-18-4-1-2-7-22(18)32-23(26)27/h1-7,14,17,21,23H,8-13,15-16H2,(H,28,31). The zero-order valence-corrected chi connectivity index (χ0v) is 17.9. The van der Waals surface area contributed by atoms with Crippen LogP contribution in [0.5, 0.6) is 5.75 Å². The number of nitrogens with zero attached hydrogens (tertiary/aromatic N) is 2. The number of hydrogen-bond acceptors (Lipinski definition) is 3. The number of hydrogen-bond donors (Lipinski definition) is 1. The Morgan fingerprint density at radius 1 is 1.09 bits per heavy atom. The van der Waals surface area contributed by atoms with E-state index in [1.165, 1.54) is 12.1 Å². The van der Waals surface area contributed by atoms with Crippen LogP contribution in [0.25, 0.3) is 0 Å². The Labute approximate surface area is 186 Å². The summed E-state index contributed by atoms with van der Waals surface area (Å²) in [7, 11) is 0. The molecule has 1 aliphatic carbocycles. The Kier molecular flexibility index (Phi) is 7.19. The van der Waals surface area contributed by atoms with E-state index in [9.17, 15) is 18.0 Å². The second kappa shape index (κ2) is 10.3. The number of nitrogens with one attached hydrogen (secondary N) is 1. The zero-order valence-electron chi connectivity index (χ0n) is 17.9. The van der Waals surface area contributed by atoms with Gasteiger partial charge in [-0.05, 0) is 55.9 Å². The average molecular weight is 448 g/mol. The van der Waals surface area contributed by atoms with Crippen molar-refractivity contribution >= 4 is 11.7 Å². The third kappa shape index (κ3) is 6.16. The normalized spacial score (nSPS) is 17.4. The van der Waals surface area contributed by atoms with Gasteiger partial charge in [0.1, 0.15) is 11.6 Å². The zero-order chi connectivity index (χ0) is 22.5. The first-order valence-electron chi connectivity index (χ1n) is 11.1. The van der Waals surface area contributed by atoms with Gasteiger partial charge in [-0.1, -0.05) is 24.3 Å². The predicted octanol–water partition coefficient (Wildman–Crippen LogP) is 5.34. The number of carbonyl (C=O) groups excluding carboxylic acids is 1. The molecule has 2 aromatic carbocycles. The van der Waals surface area contributed by atoms with E-state index >= 15 is 0 Å². The molecule has 1 N–H and O–H groups in total. The van der Waals surface area contributed by atoms with Crippen molar-refractivity contribution < 1.29 is 22.7 Å². The fourth-order valence-corrected chi connectivity index (χ4v) is 4.21. The molecule has 32 heavy (non-hydrogen) atoms. The molecule has 1 heterocycles. The van der Waals surface area contributed by atoms with Gasteiger partial charge >= 0.3 is 12.6 Å². The Balaban J connectivity index is 1.36. The van der Waals surface area contributed by atoms with E-state index in [0.717, 1.165) is 44.3 Å². The van der Waals surface area contributed by atoms with Crippen LogP contribution in [0, 0.1) is 11.7 Å². The first-order valence-corrected chi connectivity index (χ1v) is 11.1. The predicted molar refractivity (Wildman–Crippen MR) is 116 cm³/mol. The number of anilines is 1. The molecule has 1 aliphatic heterocycles. The Bertz CT molecular complexity index is 915. The number of benzene rings is 2. The molecule has 172 valence electrons. The summed E-state index contributed by atoms with van der Waals surface area (Å²) in [6.45, 7) is -0.121. The van der Waals surface area contributed by atoms with Gasteiger partial charge in [0, 0.05) is 43.5 Å². The highest BCUT2D eigenvalue weighted by atomic mass is 19.3. The van der Waals surface area contributed by atoms with Gasteiger partial charge in [-0.2, -0.15) is 8.78 Å². The van der Waals surface area contributed by atoms with Crippen LogP contribution in [-0.4, -0.2) is 48.1 Å². The van der Waals surface area contributed by atoms with E-state index in [0.29, 0.717) is 24.7 Å². The van der Waals surface area contributed by atoms with Gasteiger partial charge in [0.15, 0.2) is 0 Å². The van der Waals surface area contributed by atoms with Crippen molar-refractivity contribution in [1.29, 1.82) is 0 Å². The SMILES string of the molecule is O=C(Nc1cccc(F)c1)N(CC1CC1)C1CCN(Cc2ccccc2OC(F)F)CC1. The van der Waals surface area contributed by atoms with Crippen LogP contribution < -0.4 is 10.1 Å². The molecule has 2 aromatic rings. The van der Waals surface area contributed by atoms with Gasteiger partial charge in [-0.15, -0.1) is 0 Å². The van der Waals surface area contributed by atoms with Crippen LogP contribution in [0.3, 0.4) is 0 Å². The van der Waals surface area contributed by atoms with Gasteiger partial charge in [-0.3, -0.25) is 4.90 Å². The quantitative estimate of drug-likeness (QED) is 0.595. The van der Waals surface area contributed by atoms with Gasteiger partial charge in [-0.25, -0.2) is 9.18 Å². The van der Waals surface area contributed by atoms with E-state index in [-0.39, 0.29) is 23.6 Å². The van der Waals surface area contributed by atoms with Crippen molar-refractivity contribution in [2.24, 2.45) is 5.92 Å². The second-order valence-electron chi connectivity index (χ2n) is 8.53. The molecule has 0 radical (unpaired) electrons. The fourth-order valence-electron chi connectivity index (χ4n) is 4.21. The van der Waals surface area contributed by atoms with Crippen molar-refractivity contribution in [3.8, 4) is 5.75 Å². The summed E-state index contributed by atoms with van der Waals surface area (Å²) in [5.41, 5.74) is 1.17. The van der Waals surface area contributed by atoms with Crippen molar-refractivity contribution in [3.63, 3.8) is 0 Å². The molecule has 2 amide bonds. The minimum absolute atomic E-state index is 0.0907. The van der Waals surface area contributed by atoms with Crippen molar-refractivity contribution in [3.05, 3.63) is 59.9 Å². The van der Waals surface area contributed by atoms with Gasteiger partial charge in [0.25, 0.3) is 0 Å². The smallest absolute Gasteiger partial charge is 0.387 e. The number of halogens is 3. The van der Waals surface area contributed by atoms with Gasteiger partial charge in [0.2, 0.25) is 0 Å². The maximum Gasteiger partial charge on any atom is 0.387 e.